The summed E-state index contributed by atoms with van der Waals surface area (Å²) < 4.78 is 1.75. The molecule has 1 heterocycles. The number of nitrogens with zero attached hydrogens (tertiary/aromatic N) is 3. The molecular weight excluding hydrogens is 176 g/mol. The Bertz CT molecular complexity index is 480. The van der Waals surface area contributed by atoms with Gasteiger partial charge in [-0.1, -0.05) is 18.2 Å². The van der Waals surface area contributed by atoms with Crippen molar-refractivity contribution in [2.75, 3.05) is 0 Å². The second-order valence-corrected chi connectivity index (χ2v) is 3.12. The van der Waals surface area contributed by atoms with E-state index in [0.717, 1.165) is 10.9 Å². The number of aromatic nitrogens is 2. The lowest BCUT2D eigenvalue weighted by Gasteiger charge is -2.03. The molecule has 0 spiro atoms. The lowest BCUT2D eigenvalue weighted by Crippen LogP contribution is -2.24. The largest absolute Gasteiger partial charge is 0.314 e. The molecule has 0 fully saturated rings. The number of nitrogens with two attached hydrogens (primary N) is 1. The van der Waals surface area contributed by atoms with Crippen LogP contribution in [0.5, 0.6) is 0 Å². The molecule has 0 bridgehead atoms. The van der Waals surface area contributed by atoms with Gasteiger partial charge in [0.05, 0.1) is 24.3 Å². The summed E-state index contributed by atoms with van der Waals surface area (Å²) in [6, 6.07) is 9.33. The second-order valence-electron chi connectivity index (χ2n) is 3.12. The molecule has 1 unspecified atom stereocenters. The van der Waals surface area contributed by atoms with Crippen molar-refractivity contribution in [1.82, 2.24) is 9.78 Å². The van der Waals surface area contributed by atoms with Gasteiger partial charge in [0.1, 0.15) is 6.04 Å². The van der Waals surface area contributed by atoms with E-state index >= 15 is 0 Å². The normalized spacial score (nSPS) is 12.6. The quantitative estimate of drug-likeness (QED) is 0.757. The van der Waals surface area contributed by atoms with Gasteiger partial charge in [0.2, 0.25) is 0 Å². The molecule has 1 aromatic heterocycles. The Kier molecular flexibility index (Phi) is 2.17. The number of hydrogen-bond acceptors (Lipinski definition) is 3. The third-order valence-corrected chi connectivity index (χ3v) is 2.09. The molecule has 0 aliphatic heterocycles. The van der Waals surface area contributed by atoms with Crippen molar-refractivity contribution < 1.29 is 0 Å². The van der Waals surface area contributed by atoms with Crippen LogP contribution in [0.2, 0.25) is 0 Å². The Hall–Kier alpha value is -1.86. The fraction of sp³-hybridized carbons (Fsp3) is 0.200. The number of hydrogen-bond donors (Lipinski definition) is 1. The second kappa shape index (κ2) is 3.48. The molecule has 0 aliphatic rings. The molecule has 0 aliphatic carbocycles. The van der Waals surface area contributed by atoms with E-state index < -0.39 is 6.04 Å². The minimum absolute atomic E-state index is 0.435. The van der Waals surface area contributed by atoms with Crippen molar-refractivity contribution >= 4 is 10.9 Å². The Morgan fingerprint density at radius 1 is 1.50 bits per heavy atom. The van der Waals surface area contributed by atoms with Gasteiger partial charge in [-0.2, -0.15) is 10.4 Å². The number of rotatable bonds is 2. The molecule has 2 N–H and O–H groups in total. The summed E-state index contributed by atoms with van der Waals surface area (Å²) in [7, 11) is 0. The number of benzene rings is 1. The van der Waals surface area contributed by atoms with Gasteiger partial charge in [0, 0.05) is 5.39 Å². The summed E-state index contributed by atoms with van der Waals surface area (Å²) in [6.45, 7) is 0.435. The zero-order valence-corrected chi connectivity index (χ0v) is 7.59. The van der Waals surface area contributed by atoms with Crippen molar-refractivity contribution in [1.29, 1.82) is 5.26 Å². The third kappa shape index (κ3) is 1.45. The van der Waals surface area contributed by atoms with Gasteiger partial charge in [-0.05, 0) is 6.07 Å². The Labute approximate surface area is 81.5 Å². The van der Waals surface area contributed by atoms with Crippen LogP contribution in [0.4, 0.5) is 0 Å². The predicted octanol–water partition coefficient (Wildman–Crippen LogP) is 0.887. The highest BCUT2D eigenvalue weighted by Gasteiger charge is 2.05. The minimum Gasteiger partial charge on any atom is -0.314 e. The summed E-state index contributed by atoms with van der Waals surface area (Å²) in [5.74, 6) is 0. The fourth-order valence-corrected chi connectivity index (χ4v) is 1.40. The first-order valence-electron chi connectivity index (χ1n) is 4.37. The molecule has 70 valence electrons. The lowest BCUT2D eigenvalue weighted by atomic mass is 10.2. The summed E-state index contributed by atoms with van der Waals surface area (Å²) in [4.78, 5) is 0. The first-order valence-corrected chi connectivity index (χ1v) is 4.37. The fourth-order valence-electron chi connectivity index (χ4n) is 1.40. The lowest BCUT2D eigenvalue weighted by molar-refractivity contribution is 0.591. The van der Waals surface area contributed by atoms with Gasteiger partial charge in [-0.25, -0.2) is 0 Å². The van der Waals surface area contributed by atoms with Gasteiger partial charge in [-0.3, -0.25) is 4.68 Å². The van der Waals surface area contributed by atoms with Gasteiger partial charge >= 0.3 is 0 Å². The van der Waals surface area contributed by atoms with E-state index in [2.05, 4.69) is 5.10 Å². The summed E-state index contributed by atoms with van der Waals surface area (Å²) in [6.07, 6.45) is 1.78. The Morgan fingerprint density at radius 2 is 2.29 bits per heavy atom. The topological polar surface area (TPSA) is 67.6 Å². The smallest absolute Gasteiger partial charge is 0.113 e. The standard InChI is InChI=1S/C10H10N4/c11-5-9(12)7-14-10-4-2-1-3-8(10)6-13-14/h1-4,6,9H,7,12H2. The van der Waals surface area contributed by atoms with Crippen molar-refractivity contribution in [3.05, 3.63) is 30.5 Å². The number of fused-ring (bicyclic) bond motifs is 1. The van der Waals surface area contributed by atoms with Crippen LogP contribution in [0.25, 0.3) is 10.9 Å². The Balaban J connectivity index is 2.39. The maximum absolute atomic E-state index is 8.59. The van der Waals surface area contributed by atoms with E-state index in [9.17, 15) is 0 Å². The molecule has 2 rings (SSSR count). The maximum atomic E-state index is 8.59. The summed E-state index contributed by atoms with van der Waals surface area (Å²) in [5, 5.41) is 13.8. The van der Waals surface area contributed by atoms with Crippen LogP contribution in [0.1, 0.15) is 0 Å². The van der Waals surface area contributed by atoms with Crippen molar-refractivity contribution in [2.24, 2.45) is 5.73 Å². The number of nitriles is 1. The first kappa shape index (κ1) is 8.73. The van der Waals surface area contributed by atoms with Gasteiger partial charge in [0.15, 0.2) is 0 Å². The van der Waals surface area contributed by atoms with E-state index in [4.69, 9.17) is 11.0 Å². The molecule has 0 saturated heterocycles. The maximum Gasteiger partial charge on any atom is 0.113 e. The van der Waals surface area contributed by atoms with E-state index in [1.807, 2.05) is 30.3 Å². The van der Waals surface area contributed by atoms with Crippen LogP contribution >= 0.6 is 0 Å². The van der Waals surface area contributed by atoms with Crippen LogP contribution in [-0.4, -0.2) is 15.8 Å². The zero-order chi connectivity index (χ0) is 9.97. The van der Waals surface area contributed by atoms with Crippen LogP contribution in [0, 0.1) is 11.3 Å². The zero-order valence-electron chi connectivity index (χ0n) is 7.59. The molecule has 0 amide bonds. The van der Waals surface area contributed by atoms with Crippen molar-refractivity contribution in [3.8, 4) is 6.07 Å². The van der Waals surface area contributed by atoms with E-state index in [1.165, 1.54) is 0 Å². The molecular formula is C10H10N4. The highest BCUT2D eigenvalue weighted by Crippen LogP contribution is 2.12. The first-order chi connectivity index (χ1) is 6.81. The molecule has 1 atom stereocenters. The Morgan fingerprint density at radius 3 is 3.07 bits per heavy atom. The van der Waals surface area contributed by atoms with Crippen molar-refractivity contribution in [2.45, 2.75) is 12.6 Å². The molecule has 1 aromatic carbocycles. The van der Waals surface area contributed by atoms with Crippen LogP contribution < -0.4 is 5.73 Å². The predicted molar refractivity (Wildman–Crippen MR) is 53.3 cm³/mol. The summed E-state index contributed by atoms with van der Waals surface area (Å²) in [5.41, 5.74) is 6.55. The van der Waals surface area contributed by atoms with Crippen LogP contribution in [-0.2, 0) is 6.54 Å². The minimum atomic E-state index is -0.502. The van der Waals surface area contributed by atoms with E-state index in [-0.39, 0.29) is 0 Å². The van der Waals surface area contributed by atoms with Crippen LogP contribution in [0.15, 0.2) is 30.5 Å². The number of para-hydroxylation sites is 1. The molecule has 2 aromatic rings. The van der Waals surface area contributed by atoms with Gasteiger partial charge in [-0.15, -0.1) is 0 Å². The highest BCUT2D eigenvalue weighted by molar-refractivity contribution is 5.78. The monoisotopic (exact) mass is 186 g/mol. The molecule has 0 radical (unpaired) electrons. The molecule has 0 saturated carbocycles. The average Bonchev–Trinajstić information content (AvgIpc) is 2.62. The highest BCUT2D eigenvalue weighted by atomic mass is 15.3. The van der Waals surface area contributed by atoms with E-state index in [0.29, 0.717) is 6.54 Å². The van der Waals surface area contributed by atoms with Gasteiger partial charge < -0.3 is 5.73 Å². The van der Waals surface area contributed by atoms with Crippen LogP contribution in [0.3, 0.4) is 0 Å². The molecule has 4 nitrogen and oxygen atoms in total. The van der Waals surface area contributed by atoms with Gasteiger partial charge in [0.25, 0.3) is 0 Å². The van der Waals surface area contributed by atoms with Crippen molar-refractivity contribution in [3.63, 3.8) is 0 Å². The SMILES string of the molecule is N#CC(N)Cn1ncc2ccccc21. The van der Waals surface area contributed by atoms with E-state index in [1.54, 1.807) is 10.9 Å². The molecule has 14 heavy (non-hydrogen) atoms. The average molecular weight is 186 g/mol. The summed E-state index contributed by atoms with van der Waals surface area (Å²) >= 11 is 0. The third-order valence-electron chi connectivity index (χ3n) is 2.09. The molecule has 4 heteroatoms.